The van der Waals surface area contributed by atoms with E-state index in [9.17, 15) is 8.42 Å². The van der Waals surface area contributed by atoms with Gasteiger partial charge in [0.05, 0.1) is 0 Å². The highest BCUT2D eigenvalue weighted by Crippen LogP contribution is 2.37. The normalized spacial score (nSPS) is 21.8. The van der Waals surface area contributed by atoms with Crippen molar-refractivity contribution in [3.8, 4) is 11.5 Å². The van der Waals surface area contributed by atoms with Crippen LogP contribution < -0.4 is 9.47 Å². The number of para-hydroxylation sites is 1. The number of ether oxygens (including phenoxy) is 2. The maximum atomic E-state index is 13.0. The molecular weight excluding hydrogens is 316 g/mol. The van der Waals surface area contributed by atoms with Crippen molar-refractivity contribution in [2.45, 2.75) is 30.7 Å². The molecule has 1 aromatic rings. The Morgan fingerprint density at radius 1 is 1.30 bits per heavy atom. The van der Waals surface area contributed by atoms with E-state index in [4.69, 9.17) is 9.47 Å². The molecule has 0 saturated carbocycles. The molecule has 0 radical (unpaired) electrons. The first-order valence-corrected chi connectivity index (χ1v) is 9.57. The smallest absolute Gasteiger partial charge is 0.246 e. The average Bonchev–Trinajstić information content (AvgIpc) is 3.01. The molecule has 7 heteroatoms. The minimum Gasteiger partial charge on any atom is -0.486 e. The van der Waals surface area contributed by atoms with Crippen LogP contribution in [-0.4, -0.2) is 63.6 Å². The van der Waals surface area contributed by atoms with Crippen LogP contribution in [0.15, 0.2) is 23.1 Å². The first-order chi connectivity index (χ1) is 11.0. The van der Waals surface area contributed by atoms with E-state index in [2.05, 4.69) is 11.8 Å². The Hall–Kier alpha value is -1.31. The Balaban J connectivity index is 1.84. The van der Waals surface area contributed by atoms with Crippen LogP contribution in [0.25, 0.3) is 0 Å². The van der Waals surface area contributed by atoms with Gasteiger partial charge in [-0.15, -0.1) is 0 Å². The second kappa shape index (κ2) is 6.67. The van der Waals surface area contributed by atoms with Gasteiger partial charge in [0, 0.05) is 19.6 Å². The Bertz CT molecular complexity index is 662. The van der Waals surface area contributed by atoms with Crippen molar-refractivity contribution in [2.75, 3.05) is 39.9 Å². The van der Waals surface area contributed by atoms with Crippen LogP contribution in [0.1, 0.15) is 19.8 Å². The van der Waals surface area contributed by atoms with Gasteiger partial charge in [-0.25, -0.2) is 8.42 Å². The highest BCUT2D eigenvalue weighted by molar-refractivity contribution is 7.89. The maximum absolute atomic E-state index is 13.0. The molecule has 1 atom stereocenters. The maximum Gasteiger partial charge on any atom is 0.246 e. The van der Waals surface area contributed by atoms with Crippen LogP contribution >= 0.6 is 0 Å². The number of hydrogen-bond donors (Lipinski definition) is 0. The minimum absolute atomic E-state index is 0.193. The molecule has 0 aliphatic carbocycles. The van der Waals surface area contributed by atoms with Gasteiger partial charge >= 0.3 is 0 Å². The zero-order chi connectivity index (χ0) is 16.4. The third-order valence-corrected chi connectivity index (χ3v) is 6.44. The van der Waals surface area contributed by atoms with Crippen LogP contribution in [0, 0.1) is 0 Å². The van der Waals surface area contributed by atoms with Crippen LogP contribution in [-0.2, 0) is 10.0 Å². The second-order valence-electron chi connectivity index (χ2n) is 5.99. The number of benzene rings is 1. The molecule has 1 unspecified atom stereocenters. The summed E-state index contributed by atoms with van der Waals surface area (Å²) in [6.07, 6.45) is 2.17. The number of likely N-dealkylation sites (tertiary alicyclic amines) is 1. The van der Waals surface area contributed by atoms with E-state index in [1.165, 1.54) is 4.31 Å². The minimum atomic E-state index is -3.60. The van der Waals surface area contributed by atoms with Gasteiger partial charge < -0.3 is 9.47 Å². The van der Waals surface area contributed by atoms with E-state index in [0.29, 0.717) is 31.3 Å². The SMILES string of the molecule is CCN1CCCC1CN(C)S(=O)(=O)c1cccc2c1OCCO2. The van der Waals surface area contributed by atoms with Gasteiger partial charge in [0.1, 0.15) is 18.1 Å². The Kier molecular flexibility index (Phi) is 4.79. The fraction of sp³-hybridized carbons (Fsp3) is 0.625. The summed E-state index contributed by atoms with van der Waals surface area (Å²) in [5, 5.41) is 0. The Morgan fingerprint density at radius 3 is 2.87 bits per heavy atom. The molecule has 1 saturated heterocycles. The highest BCUT2D eigenvalue weighted by atomic mass is 32.2. The van der Waals surface area contributed by atoms with Crippen molar-refractivity contribution in [3.05, 3.63) is 18.2 Å². The summed E-state index contributed by atoms with van der Waals surface area (Å²) in [6, 6.07) is 5.31. The predicted octanol–water partition coefficient (Wildman–Crippen LogP) is 1.56. The van der Waals surface area contributed by atoms with Crippen molar-refractivity contribution in [1.82, 2.24) is 9.21 Å². The number of fused-ring (bicyclic) bond motifs is 1. The molecule has 128 valence electrons. The van der Waals surface area contributed by atoms with E-state index in [1.54, 1.807) is 25.2 Å². The van der Waals surface area contributed by atoms with Crippen molar-refractivity contribution in [1.29, 1.82) is 0 Å². The van der Waals surface area contributed by atoms with E-state index < -0.39 is 10.0 Å². The fourth-order valence-electron chi connectivity index (χ4n) is 3.33. The molecule has 2 aliphatic rings. The predicted molar refractivity (Wildman–Crippen MR) is 87.5 cm³/mol. The van der Waals surface area contributed by atoms with Gasteiger partial charge in [0.15, 0.2) is 11.5 Å². The summed E-state index contributed by atoms with van der Waals surface area (Å²) in [4.78, 5) is 2.53. The van der Waals surface area contributed by atoms with Crippen molar-refractivity contribution < 1.29 is 17.9 Å². The molecule has 0 bridgehead atoms. The molecule has 1 fully saturated rings. The molecule has 0 N–H and O–H groups in total. The fourth-order valence-corrected chi connectivity index (χ4v) is 4.68. The number of sulfonamides is 1. The standard InChI is InChI=1S/C16H24N2O4S/c1-3-18-9-5-6-13(18)12-17(2)23(19,20)15-8-4-7-14-16(15)22-11-10-21-14/h4,7-8,13H,3,5-6,9-12H2,1-2H3. The molecule has 23 heavy (non-hydrogen) atoms. The largest absolute Gasteiger partial charge is 0.486 e. The third kappa shape index (κ3) is 3.18. The van der Waals surface area contributed by atoms with Gasteiger partial charge in [-0.2, -0.15) is 4.31 Å². The van der Waals surface area contributed by atoms with Crippen molar-refractivity contribution in [3.63, 3.8) is 0 Å². The van der Waals surface area contributed by atoms with Crippen LogP contribution in [0.3, 0.4) is 0 Å². The summed E-state index contributed by atoms with van der Waals surface area (Å²) in [5.74, 6) is 0.839. The summed E-state index contributed by atoms with van der Waals surface area (Å²) in [5.41, 5.74) is 0. The Labute approximate surface area is 138 Å². The Morgan fingerprint density at radius 2 is 2.09 bits per heavy atom. The van der Waals surface area contributed by atoms with E-state index in [-0.39, 0.29) is 10.9 Å². The van der Waals surface area contributed by atoms with Gasteiger partial charge in [-0.3, -0.25) is 4.90 Å². The zero-order valence-electron chi connectivity index (χ0n) is 13.7. The van der Waals surface area contributed by atoms with Crippen LogP contribution in [0.2, 0.25) is 0 Å². The molecule has 2 heterocycles. The number of likely N-dealkylation sites (N-methyl/N-ethyl adjacent to an activating group) is 2. The molecular formula is C16H24N2O4S. The van der Waals surface area contributed by atoms with Crippen LogP contribution in [0.5, 0.6) is 11.5 Å². The third-order valence-electron chi connectivity index (χ3n) is 4.59. The highest BCUT2D eigenvalue weighted by Gasteiger charge is 2.32. The molecule has 2 aliphatic heterocycles. The van der Waals surface area contributed by atoms with E-state index in [1.807, 2.05) is 0 Å². The van der Waals surface area contributed by atoms with Crippen molar-refractivity contribution in [2.24, 2.45) is 0 Å². The lowest BCUT2D eigenvalue weighted by atomic mass is 10.2. The topological polar surface area (TPSA) is 59.1 Å². The molecule has 0 spiro atoms. The lowest BCUT2D eigenvalue weighted by Gasteiger charge is -2.28. The lowest BCUT2D eigenvalue weighted by Crippen LogP contribution is -2.41. The average molecular weight is 340 g/mol. The summed E-state index contributed by atoms with van der Waals surface area (Å²) in [7, 11) is -1.95. The number of nitrogens with zero attached hydrogens (tertiary/aromatic N) is 2. The zero-order valence-corrected chi connectivity index (χ0v) is 14.5. The van der Waals surface area contributed by atoms with Crippen molar-refractivity contribution >= 4 is 10.0 Å². The molecule has 0 amide bonds. The number of rotatable bonds is 5. The molecule has 1 aromatic carbocycles. The summed E-state index contributed by atoms with van der Waals surface area (Å²) in [6.45, 7) is 5.44. The van der Waals surface area contributed by atoms with Gasteiger partial charge in [0.25, 0.3) is 0 Å². The monoisotopic (exact) mass is 340 g/mol. The second-order valence-corrected chi connectivity index (χ2v) is 8.00. The van der Waals surface area contributed by atoms with Gasteiger partial charge in [-0.05, 0) is 38.1 Å². The van der Waals surface area contributed by atoms with Crippen LogP contribution in [0.4, 0.5) is 0 Å². The summed E-state index contributed by atoms with van der Waals surface area (Å²) < 4.78 is 38.4. The van der Waals surface area contributed by atoms with E-state index >= 15 is 0 Å². The summed E-state index contributed by atoms with van der Waals surface area (Å²) >= 11 is 0. The lowest BCUT2D eigenvalue weighted by molar-refractivity contribution is 0.166. The molecule has 0 aromatic heterocycles. The van der Waals surface area contributed by atoms with Gasteiger partial charge in [0.2, 0.25) is 10.0 Å². The molecule has 6 nitrogen and oxygen atoms in total. The number of hydrogen-bond acceptors (Lipinski definition) is 5. The first kappa shape index (κ1) is 16.5. The van der Waals surface area contributed by atoms with E-state index in [0.717, 1.165) is 25.9 Å². The quantitative estimate of drug-likeness (QED) is 0.814. The first-order valence-electron chi connectivity index (χ1n) is 8.13. The van der Waals surface area contributed by atoms with Gasteiger partial charge in [-0.1, -0.05) is 13.0 Å². The molecule has 3 rings (SSSR count).